The van der Waals surface area contributed by atoms with E-state index in [0.29, 0.717) is 10.3 Å². The van der Waals surface area contributed by atoms with Gasteiger partial charge in [0.1, 0.15) is 0 Å². The molecule has 3 nitrogen and oxygen atoms in total. The molecule has 5 heteroatoms. The van der Waals surface area contributed by atoms with Crippen molar-refractivity contribution in [3.05, 3.63) is 32.0 Å². The Morgan fingerprint density at radius 1 is 1.57 bits per heavy atom. The van der Waals surface area contributed by atoms with Gasteiger partial charge in [-0.3, -0.25) is 9.59 Å². The number of hydrogen-bond acceptors (Lipinski definition) is 3. The Kier molecular flexibility index (Phi) is 2.28. The zero-order valence-corrected chi connectivity index (χ0v) is 9.68. The number of halogens is 1. The fourth-order valence-corrected chi connectivity index (χ4v) is 2.91. The first-order valence-electron chi connectivity index (χ1n) is 3.87. The first kappa shape index (κ1) is 9.61. The van der Waals surface area contributed by atoms with Crippen LogP contribution in [-0.4, -0.2) is 10.9 Å². The number of rotatable bonds is 1. The number of thiophene rings is 1. The highest BCUT2D eigenvalue weighted by Crippen LogP contribution is 2.28. The second kappa shape index (κ2) is 3.33. The average molecular weight is 272 g/mol. The number of aryl methyl sites for hydroxylation is 1. The molecule has 0 atom stereocenters. The van der Waals surface area contributed by atoms with Gasteiger partial charge >= 0.3 is 0 Å². The van der Waals surface area contributed by atoms with Crippen molar-refractivity contribution in [3.63, 3.8) is 0 Å². The van der Waals surface area contributed by atoms with Gasteiger partial charge in [0.2, 0.25) is 0 Å². The third kappa shape index (κ3) is 1.33. The van der Waals surface area contributed by atoms with Crippen molar-refractivity contribution in [1.82, 2.24) is 4.57 Å². The molecule has 0 bridgehead atoms. The van der Waals surface area contributed by atoms with Crippen LogP contribution in [0.1, 0.15) is 9.67 Å². The van der Waals surface area contributed by atoms with Crippen molar-refractivity contribution < 1.29 is 4.79 Å². The SMILES string of the molecule is Cn1cc(Br)c2sc(C=O)cc2c1=O. The van der Waals surface area contributed by atoms with Crippen LogP contribution in [0.15, 0.2) is 21.5 Å². The number of aromatic nitrogens is 1. The standard InChI is InChI=1S/C9H6BrNO2S/c1-11-3-7(10)8-6(9(11)13)2-5(4-12)14-8/h2-4H,1H3. The van der Waals surface area contributed by atoms with Gasteiger partial charge in [-0.2, -0.15) is 0 Å². The summed E-state index contributed by atoms with van der Waals surface area (Å²) in [5.74, 6) is 0. The summed E-state index contributed by atoms with van der Waals surface area (Å²) >= 11 is 4.68. The highest BCUT2D eigenvalue weighted by atomic mass is 79.9. The number of carbonyl (C=O) groups excluding carboxylic acids is 1. The normalized spacial score (nSPS) is 10.7. The van der Waals surface area contributed by atoms with E-state index in [1.54, 1.807) is 19.3 Å². The van der Waals surface area contributed by atoms with E-state index in [4.69, 9.17) is 0 Å². The molecule has 2 heterocycles. The Hall–Kier alpha value is -0.940. The molecule has 0 unspecified atom stereocenters. The molecule has 0 aromatic carbocycles. The smallest absolute Gasteiger partial charge is 0.259 e. The van der Waals surface area contributed by atoms with E-state index in [2.05, 4.69) is 15.9 Å². The van der Waals surface area contributed by atoms with Crippen molar-refractivity contribution >= 4 is 43.6 Å². The predicted octanol–water partition coefficient (Wildman–Crippen LogP) is 2.17. The lowest BCUT2D eigenvalue weighted by molar-refractivity contribution is 0.112. The van der Waals surface area contributed by atoms with Gasteiger partial charge in [-0.15, -0.1) is 11.3 Å². The lowest BCUT2D eigenvalue weighted by Crippen LogP contribution is -2.14. The first-order chi connectivity index (χ1) is 6.63. The average Bonchev–Trinajstić information content (AvgIpc) is 2.58. The van der Waals surface area contributed by atoms with Crippen LogP contribution in [0.25, 0.3) is 10.1 Å². The van der Waals surface area contributed by atoms with Crippen LogP contribution in [0.3, 0.4) is 0 Å². The van der Waals surface area contributed by atoms with Crippen LogP contribution < -0.4 is 5.56 Å². The third-order valence-corrected chi connectivity index (χ3v) is 3.90. The third-order valence-electron chi connectivity index (χ3n) is 1.94. The fourth-order valence-electron chi connectivity index (χ4n) is 1.28. The summed E-state index contributed by atoms with van der Waals surface area (Å²) in [7, 11) is 1.69. The molecule has 2 aromatic heterocycles. The summed E-state index contributed by atoms with van der Waals surface area (Å²) in [5.41, 5.74) is -0.0763. The molecule has 0 spiro atoms. The Labute approximate surface area is 92.1 Å². The predicted molar refractivity (Wildman–Crippen MR) is 60.2 cm³/mol. The van der Waals surface area contributed by atoms with E-state index in [1.165, 1.54) is 15.9 Å². The van der Waals surface area contributed by atoms with E-state index in [0.717, 1.165) is 15.5 Å². The maximum absolute atomic E-state index is 11.6. The molecule has 2 aromatic rings. The maximum atomic E-state index is 11.6. The largest absolute Gasteiger partial charge is 0.317 e. The minimum Gasteiger partial charge on any atom is -0.317 e. The molecule has 14 heavy (non-hydrogen) atoms. The van der Waals surface area contributed by atoms with Crippen LogP contribution in [0.2, 0.25) is 0 Å². The molecule has 0 radical (unpaired) electrons. The Morgan fingerprint density at radius 3 is 2.93 bits per heavy atom. The van der Waals surface area contributed by atoms with Crippen LogP contribution in [-0.2, 0) is 7.05 Å². The van der Waals surface area contributed by atoms with Gasteiger partial charge in [0.05, 0.1) is 19.4 Å². The molecule has 0 aliphatic heterocycles. The number of nitrogens with zero attached hydrogens (tertiary/aromatic N) is 1. The molecule has 2 rings (SSSR count). The van der Waals surface area contributed by atoms with Crippen molar-refractivity contribution in [3.8, 4) is 0 Å². The van der Waals surface area contributed by atoms with Gasteiger partial charge in [-0.25, -0.2) is 0 Å². The van der Waals surface area contributed by atoms with Crippen molar-refractivity contribution in [1.29, 1.82) is 0 Å². The molecule has 0 aliphatic carbocycles. The Bertz CT molecular complexity index is 570. The van der Waals surface area contributed by atoms with Gasteiger partial charge in [0.25, 0.3) is 5.56 Å². The molecule has 72 valence electrons. The lowest BCUT2D eigenvalue weighted by atomic mass is 10.3. The number of fused-ring (bicyclic) bond motifs is 1. The fraction of sp³-hybridized carbons (Fsp3) is 0.111. The van der Waals surface area contributed by atoms with Gasteiger partial charge in [0.15, 0.2) is 6.29 Å². The summed E-state index contributed by atoms with van der Waals surface area (Å²) in [6.45, 7) is 0. The molecule has 0 amide bonds. The van der Waals surface area contributed by atoms with Crippen molar-refractivity contribution in [2.75, 3.05) is 0 Å². The van der Waals surface area contributed by atoms with Crippen LogP contribution >= 0.6 is 27.3 Å². The first-order valence-corrected chi connectivity index (χ1v) is 5.48. The number of hydrogen-bond donors (Lipinski definition) is 0. The van der Waals surface area contributed by atoms with Crippen molar-refractivity contribution in [2.45, 2.75) is 0 Å². The Balaban J connectivity index is 2.98. The highest BCUT2D eigenvalue weighted by Gasteiger charge is 2.09. The van der Waals surface area contributed by atoms with Gasteiger partial charge in [0, 0.05) is 13.2 Å². The summed E-state index contributed by atoms with van der Waals surface area (Å²) in [5, 5.41) is 0.592. The monoisotopic (exact) mass is 271 g/mol. The van der Waals surface area contributed by atoms with Gasteiger partial charge in [-0.05, 0) is 22.0 Å². The zero-order valence-electron chi connectivity index (χ0n) is 7.28. The van der Waals surface area contributed by atoms with Gasteiger partial charge < -0.3 is 4.57 Å². The van der Waals surface area contributed by atoms with Crippen molar-refractivity contribution in [2.24, 2.45) is 7.05 Å². The number of aldehydes is 1. The summed E-state index contributed by atoms with van der Waals surface area (Å²) in [6, 6.07) is 1.63. The maximum Gasteiger partial charge on any atom is 0.259 e. The molecular formula is C9H6BrNO2S. The molecule has 0 saturated carbocycles. The Morgan fingerprint density at radius 2 is 2.29 bits per heavy atom. The molecule has 0 N–H and O–H groups in total. The summed E-state index contributed by atoms with van der Waals surface area (Å²) in [4.78, 5) is 22.8. The minimum absolute atomic E-state index is 0.0763. The van der Waals surface area contributed by atoms with E-state index < -0.39 is 0 Å². The zero-order chi connectivity index (χ0) is 10.3. The molecule has 0 aliphatic rings. The van der Waals surface area contributed by atoms with Gasteiger partial charge in [-0.1, -0.05) is 0 Å². The molecule has 0 fully saturated rings. The van der Waals surface area contributed by atoms with Crippen LogP contribution in [0.4, 0.5) is 0 Å². The molecular weight excluding hydrogens is 266 g/mol. The quantitative estimate of drug-likeness (QED) is 0.746. The second-order valence-electron chi connectivity index (χ2n) is 2.90. The number of carbonyl (C=O) groups is 1. The summed E-state index contributed by atoms with van der Waals surface area (Å²) in [6.07, 6.45) is 2.46. The second-order valence-corrected chi connectivity index (χ2v) is 4.84. The minimum atomic E-state index is -0.0763. The van der Waals surface area contributed by atoms with E-state index >= 15 is 0 Å². The van der Waals surface area contributed by atoms with Crippen LogP contribution in [0.5, 0.6) is 0 Å². The van der Waals surface area contributed by atoms with E-state index in [1.807, 2.05) is 0 Å². The summed E-state index contributed by atoms with van der Waals surface area (Å²) < 4.78 is 3.16. The molecule has 0 saturated heterocycles. The number of pyridine rings is 1. The topological polar surface area (TPSA) is 39.1 Å². The van der Waals surface area contributed by atoms with Crippen LogP contribution in [0, 0.1) is 0 Å². The van der Waals surface area contributed by atoms with E-state index in [-0.39, 0.29) is 5.56 Å². The van der Waals surface area contributed by atoms with E-state index in [9.17, 15) is 9.59 Å². The highest BCUT2D eigenvalue weighted by molar-refractivity contribution is 9.10. The lowest BCUT2D eigenvalue weighted by Gasteiger charge is -1.98.